The zero-order valence-electron chi connectivity index (χ0n) is 17.9. The summed E-state index contributed by atoms with van der Waals surface area (Å²) in [6.07, 6.45) is 3.35. The molecular weight excluding hydrogens is 378 g/mol. The Morgan fingerprint density at radius 3 is 2.32 bits per heavy atom. The molecule has 1 aliphatic heterocycles. The molecule has 0 aliphatic carbocycles. The van der Waals surface area contributed by atoms with Crippen molar-refractivity contribution >= 4 is 30.5 Å². The van der Waals surface area contributed by atoms with Gasteiger partial charge in [0.15, 0.2) is 0 Å². The number of pyridine rings is 1. The van der Waals surface area contributed by atoms with E-state index in [4.69, 9.17) is 14.0 Å². The predicted octanol–water partition coefficient (Wildman–Crippen LogP) is 2.03. The molecule has 1 fully saturated rings. The number of hydrogen-bond donors (Lipinski definition) is 1. The Hall–Kier alpha value is -1.34. The van der Waals surface area contributed by atoms with E-state index in [-0.39, 0.29) is 6.61 Å². The summed E-state index contributed by atoms with van der Waals surface area (Å²) < 4.78 is 32.8. The number of fused-ring (bicyclic) bond motifs is 1. The molecule has 0 amide bonds. The average Bonchev–Trinajstić information content (AvgIpc) is 3.02. The smallest absolute Gasteiger partial charge is 0.489 e. The number of nitrogens with zero attached hydrogens (tertiary/aromatic N) is 2. The van der Waals surface area contributed by atoms with Crippen LogP contribution in [-0.4, -0.2) is 58.6 Å². The third kappa shape index (κ3) is 4.01. The second-order valence-electron chi connectivity index (χ2n) is 9.49. The van der Waals surface area contributed by atoms with Crippen molar-refractivity contribution < 1.29 is 23.7 Å². The fourth-order valence-electron chi connectivity index (χ4n) is 2.99. The number of aliphatic hydroxyl groups is 1. The quantitative estimate of drug-likeness (QED) is 0.603. The first-order chi connectivity index (χ1) is 12.6. The lowest BCUT2D eigenvalue weighted by molar-refractivity contribution is 0.00578. The Labute approximate surface area is 166 Å². The molecule has 2 aromatic rings. The van der Waals surface area contributed by atoms with Gasteiger partial charge < -0.3 is 23.7 Å². The van der Waals surface area contributed by atoms with Gasteiger partial charge in [0, 0.05) is 5.46 Å². The largest absolute Gasteiger partial charge is 0.497 e. The van der Waals surface area contributed by atoms with Crippen molar-refractivity contribution in [2.75, 3.05) is 19.9 Å². The van der Waals surface area contributed by atoms with E-state index in [9.17, 15) is 9.67 Å². The molecule has 7 nitrogen and oxygen atoms in total. The molecule has 0 aromatic carbocycles. The minimum Gasteiger partial charge on any atom is -0.489 e. The van der Waals surface area contributed by atoms with Crippen LogP contribution in [0, 0.1) is 0 Å². The third-order valence-corrected chi connectivity index (χ3v) is 6.76. The van der Waals surface area contributed by atoms with Crippen LogP contribution >= 0.6 is 7.14 Å². The van der Waals surface area contributed by atoms with Gasteiger partial charge in [0.1, 0.15) is 19.5 Å². The second-order valence-corrected chi connectivity index (χ2v) is 12.7. The van der Waals surface area contributed by atoms with Crippen molar-refractivity contribution in [3.8, 4) is 5.75 Å². The molecule has 2 aromatic heterocycles. The molecule has 0 bridgehead atoms. The maximum Gasteiger partial charge on any atom is 0.497 e. The molecular formula is C19H30BN2O5P. The van der Waals surface area contributed by atoms with E-state index < -0.39 is 31.1 Å². The van der Waals surface area contributed by atoms with E-state index in [2.05, 4.69) is 5.10 Å². The van der Waals surface area contributed by atoms with Gasteiger partial charge in [0.25, 0.3) is 0 Å². The Bertz CT molecular complexity index is 926. The Morgan fingerprint density at radius 1 is 1.25 bits per heavy atom. The highest BCUT2D eigenvalue weighted by Crippen LogP contribution is 2.39. The fraction of sp³-hybridized carbons (Fsp3) is 0.632. The fourth-order valence-corrected chi connectivity index (χ4v) is 4.06. The van der Waals surface area contributed by atoms with E-state index >= 15 is 0 Å². The molecule has 3 heterocycles. The Morgan fingerprint density at radius 2 is 1.82 bits per heavy atom. The van der Waals surface area contributed by atoms with Crippen LogP contribution in [0.1, 0.15) is 41.5 Å². The summed E-state index contributed by atoms with van der Waals surface area (Å²) in [4.78, 5) is 0. The van der Waals surface area contributed by atoms with Gasteiger partial charge in [-0.2, -0.15) is 5.10 Å². The molecule has 0 spiro atoms. The SMILES string of the molecule is CC(C)(O)COc1cc(B2OC(C)(C)C(C)(C)O2)c2c(P(C)(C)=O)cnn2c1. The van der Waals surface area contributed by atoms with E-state index in [1.807, 2.05) is 33.8 Å². The molecule has 28 heavy (non-hydrogen) atoms. The van der Waals surface area contributed by atoms with Crippen LogP contribution in [0.25, 0.3) is 5.52 Å². The Kier molecular flexibility index (Phi) is 5.03. The standard InChI is InChI=1S/C19H30BN2O5P/c1-17(2,23)12-25-13-9-14(20-26-18(3,4)19(5,6)27-20)16-15(28(7,8)24)10-21-22(16)11-13/h9-11,23H,12H2,1-8H3. The molecule has 0 atom stereocenters. The summed E-state index contributed by atoms with van der Waals surface area (Å²) >= 11 is 0. The van der Waals surface area contributed by atoms with Crippen molar-refractivity contribution in [3.05, 3.63) is 18.5 Å². The highest BCUT2D eigenvalue weighted by atomic mass is 31.2. The lowest BCUT2D eigenvalue weighted by Crippen LogP contribution is -2.41. The molecule has 1 aliphatic rings. The van der Waals surface area contributed by atoms with Crippen molar-refractivity contribution in [1.82, 2.24) is 9.61 Å². The molecule has 154 valence electrons. The zero-order valence-corrected chi connectivity index (χ0v) is 18.8. The van der Waals surface area contributed by atoms with Gasteiger partial charge in [-0.25, -0.2) is 4.52 Å². The van der Waals surface area contributed by atoms with Gasteiger partial charge in [-0.1, -0.05) is 0 Å². The second kappa shape index (κ2) is 6.59. The van der Waals surface area contributed by atoms with Crippen LogP contribution < -0.4 is 15.5 Å². The van der Waals surface area contributed by atoms with Crippen molar-refractivity contribution in [1.29, 1.82) is 0 Å². The molecule has 1 saturated heterocycles. The minimum atomic E-state index is -2.58. The van der Waals surface area contributed by atoms with Gasteiger partial charge in [-0.15, -0.1) is 0 Å². The van der Waals surface area contributed by atoms with E-state index in [1.54, 1.807) is 44.1 Å². The van der Waals surface area contributed by atoms with E-state index in [0.29, 0.717) is 22.0 Å². The monoisotopic (exact) mass is 408 g/mol. The maximum atomic E-state index is 12.9. The predicted molar refractivity (Wildman–Crippen MR) is 112 cm³/mol. The third-order valence-electron chi connectivity index (χ3n) is 5.28. The van der Waals surface area contributed by atoms with Gasteiger partial charge in [-0.05, 0) is 60.9 Å². The van der Waals surface area contributed by atoms with Gasteiger partial charge in [0.05, 0.1) is 40.0 Å². The lowest BCUT2D eigenvalue weighted by atomic mass is 9.78. The van der Waals surface area contributed by atoms with Crippen molar-refractivity contribution in [3.63, 3.8) is 0 Å². The Balaban J connectivity index is 2.14. The summed E-state index contributed by atoms with van der Waals surface area (Å²) in [6.45, 7) is 14.9. The average molecular weight is 408 g/mol. The summed E-state index contributed by atoms with van der Waals surface area (Å²) in [5.74, 6) is 0.524. The number of ether oxygens (including phenoxy) is 1. The molecule has 0 radical (unpaired) electrons. The summed E-state index contributed by atoms with van der Waals surface area (Å²) in [7, 11) is -3.23. The molecule has 9 heteroatoms. The van der Waals surface area contributed by atoms with Crippen molar-refractivity contribution in [2.45, 2.75) is 58.3 Å². The van der Waals surface area contributed by atoms with Gasteiger partial charge in [0.2, 0.25) is 0 Å². The summed E-state index contributed by atoms with van der Waals surface area (Å²) in [6, 6.07) is 1.82. The zero-order chi connectivity index (χ0) is 21.1. The molecule has 0 unspecified atom stereocenters. The maximum absolute atomic E-state index is 12.9. The van der Waals surface area contributed by atoms with Gasteiger partial charge >= 0.3 is 7.12 Å². The normalized spacial score (nSPS) is 19.4. The number of hydrogen-bond acceptors (Lipinski definition) is 6. The first kappa shape index (κ1) is 21.4. The van der Waals surface area contributed by atoms with Crippen LogP contribution in [0.5, 0.6) is 5.75 Å². The van der Waals surface area contributed by atoms with Crippen LogP contribution in [0.4, 0.5) is 0 Å². The van der Waals surface area contributed by atoms with Crippen LogP contribution in [0.3, 0.4) is 0 Å². The first-order valence-electron chi connectivity index (χ1n) is 9.38. The molecule has 0 saturated carbocycles. The molecule has 3 rings (SSSR count). The number of aromatic nitrogens is 2. The molecule has 1 N–H and O–H groups in total. The van der Waals surface area contributed by atoms with Crippen LogP contribution in [0.15, 0.2) is 18.5 Å². The highest BCUT2D eigenvalue weighted by molar-refractivity contribution is 7.70. The first-order valence-corrected chi connectivity index (χ1v) is 12.0. The highest BCUT2D eigenvalue weighted by Gasteiger charge is 2.52. The van der Waals surface area contributed by atoms with Crippen LogP contribution in [-0.2, 0) is 13.9 Å². The topological polar surface area (TPSA) is 82.3 Å². The number of rotatable bonds is 5. The summed E-state index contributed by atoms with van der Waals surface area (Å²) in [5.41, 5.74) is -0.579. The van der Waals surface area contributed by atoms with E-state index in [1.165, 1.54) is 0 Å². The minimum absolute atomic E-state index is 0.121. The lowest BCUT2D eigenvalue weighted by Gasteiger charge is -2.32. The van der Waals surface area contributed by atoms with E-state index in [0.717, 1.165) is 0 Å². The van der Waals surface area contributed by atoms with Crippen molar-refractivity contribution in [2.24, 2.45) is 0 Å². The van der Waals surface area contributed by atoms with Crippen LogP contribution in [0.2, 0.25) is 0 Å². The summed E-state index contributed by atoms with van der Waals surface area (Å²) in [5, 5.41) is 15.0. The van der Waals surface area contributed by atoms with Gasteiger partial charge in [-0.3, -0.25) is 0 Å².